The molecule has 0 spiro atoms. The summed E-state index contributed by atoms with van der Waals surface area (Å²) in [4.78, 5) is 34.9. The van der Waals surface area contributed by atoms with Crippen molar-refractivity contribution in [2.75, 3.05) is 0 Å². The number of amides is 4. The highest BCUT2D eigenvalue weighted by molar-refractivity contribution is 6.05. The SMILES string of the molecule is CCCc1ccc(C(NC(=O)CC2NC(=O)NC2=O)C(C)C)cc1. The Labute approximate surface area is 142 Å². The van der Waals surface area contributed by atoms with Crippen LogP contribution in [0.1, 0.15) is 50.8 Å². The van der Waals surface area contributed by atoms with Crippen molar-refractivity contribution in [3.63, 3.8) is 0 Å². The average molecular weight is 331 g/mol. The zero-order valence-corrected chi connectivity index (χ0v) is 14.4. The van der Waals surface area contributed by atoms with Gasteiger partial charge in [0.05, 0.1) is 12.5 Å². The highest BCUT2D eigenvalue weighted by atomic mass is 16.2. The maximum Gasteiger partial charge on any atom is 0.322 e. The topological polar surface area (TPSA) is 87.3 Å². The molecule has 1 aromatic rings. The molecule has 1 fully saturated rings. The number of carbonyl (C=O) groups is 3. The third kappa shape index (κ3) is 4.57. The van der Waals surface area contributed by atoms with Gasteiger partial charge in [-0.3, -0.25) is 14.9 Å². The molecule has 2 atom stereocenters. The van der Waals surface area contributed by atoms with Crippen molar-refractivity contribution in [1.29, 1.82) is 0 Å². The Hall–Kier alpha value is -2.37. The number of urea groups is 1. The summed E-state index contributed by atoms with van der Waals surface area (Å²) in [6.45, 7) is 6.22. The van der Waals surface area contributed by atoms with Crippen molar-refractivity contribution in [3.8, 4) is 0 Å². The van der Waals surface area contributed by atoms with Gasteiger partial charge in [-0.2, -0.15) is 0 Å². The van der Waals surface area contributed by atoms with Crippen LogP contribution >= 0.6 is 0 Å². The first-order chi connectivity index (χ1) is 11.4. The van der Waals surface area contributed by atoms with E-state index in [4.69, 9.17) is 0 Å². The number of hydrogen-bond donors (Lipinski definition) is 3. The second-order valence-corrected chi connectivity index (χ2v) is 6.50. The van der Waals surface area contributed by atoms with E-state index in [0.717, 1.165) is 18.4 Å². The van der Waals surface area contributed by atoms with Gasteiger partial charge >= 0.3 is 6.03 Å². The van der Waals surface area contributed by atoms with Crippen molar-refractivity contribution in [1.82, 2.24) is 16.0 Å². The summed E-state index contributed by atoms with van der Waals surface area (Å²) in [6.07, 6.45) is 2.07. The highest BCUT2D eigenvalue weighted by Crippen LogP contribution is 2.22. The van der Waals surface area contributed by atoms with Crippen molar-refractivity contribution in [2.45, 2.75) is 52.1 Å². The molecule has 0 radical (unpaired) electrons. The Kier molecular flexibility index (Phi) is 5.95. The van der Waals surface area contributed by atoms with E-state index in [1.807, 2.05) is 26.0 Å². The number of benzene rings is 1. The van der Waals surface area contributed by atoms with E-state index >= 15 is 0 Å². The van der Waals surface area contributed by atoms with Gasteiger partial charge in [0.15, 0.2) is 0 Å². The summed E-state index contributed by atoms with van der Waals surface area (Å²) in [5.74, 6) is -0.508. The van der Waals surface area contributed by atoms with Gasteiger partial charge in [-0.05, 0) is 23.5 Å². The average Bonchev–Trinajstić information content (AvgIpc) is 2.83. The molecule has 6 heteroatoms. The molecule has 0 bridgehead atoms. The normalized spacial score (nSPS) is 18.2. The summed E-state index contributed by atoms with van der Waals surface area (Å²) in [5.41, 5.74) is 2.32. The largest absolute Gasteiger partial charge is 0.349 e. The van der Waals surface area contributed by atoms with Gasteiger partial charge in [-0.15, -0.1) is 0 Å². The molecule has 2 unspecified atom stereocenters. The summed E-state index contributed by atoms with van der Waals surface area (Å²) in [5, 5.41) is 7.54. The van der Waals surface area contributed by atoms with Gasteiger partial charge in [-0.25, -0.2) is 4.79 Å². The van der Waals surface area contributed by atoms with Crippen LogP contribution in [0.2, 0.25) is 0 Å². The number of aryl methyl sites for hydroxylation is 1. The fourth-order valence-corrected chi connectivity index (χ4v) is 2.84. The van der Waals surface area contributed by atoms with Crippen LogP contribution in [-0.4, -0.2) is 23.9 Å². The molecular weight excluding hydrogens is 306 g/mol. The minimum absolute atomic E-state index is 0.0608. The lowest BCUT2D eigenvalue weighted by atomic mass is 9.94. The molecule has 1 aromatic carbocycles. The molecule has 1 aliphatic heterocycles. The van der Waals surface area contributed by atoms with E-state index < -0.39 is 18.0 Å². The lowest BCUT2D eigenvalue weighted by molar-refractivity contribution is -0.127. The molecule has 1 aliphatic rings. The Morgan fingerprint density at radius 3 is 2.38 bits per heavy atom. The van der Waals surface area contributed by atoms with Gasteiger partial charge in [0.2, 0.25) is 5.91 Å². The summed E-state index contributed by atoms with van der Waals surface area (Å²) in [7, 11) is 0. The standard InChI is InChI=1S/C18H25N3O3/c1-4-5-12-6-8-13(9-7-12)16(11(2)3)20-15(22)10-14-17(23)21-18(24)19-14/h6-9,11,14,16H,4-5,10H2,1-3H3,(H,20,22)(H2,19,21,23,24). The van der Waals surface area contributed by atoms with E-state index in [-0.39, 0.29) is 24.3 Å². The summed E-state index contributed by atoms with van der Waals surface area (Å²) >= 11 is 0. The highest BCUT2D eigenvalue weighted by Gasteiger charge is 2.32. The Bertz CT molecular complexity index is 610. The molecule has 0 saturated carbocycles. The Morgan fingerprint density at radius 1 is 1.21 bits per heavy atom. The van der Waals surface area contributed by atoms with Gasteiger partial charge in [0, 0.05) is 0 Å². The molecule has 1 saturated heterocycles. The van der Waals surface area contributed by atoms with Crippen LogP contribution in [-0.2, 0) is 16.0 Å². The molecule has 2 rings (SSSR count). The maximum absolute atomic E-state index is 12.3. The molecule has 6 nitrogen and oxygen atoms in total. The zero-order chi connectivity index (χ0) is 17.7. The smallest absolute Gasteiger partial charge is 0.322 e. The summed E-state index contributed by atoms with van der Waals surface area (Å²) < 4.78 is 0. The third-order valence-corrected chi connectivity index (χ3v) is 4.11. The third-order valence-electron chi connectivity index (χ3n) is 4.11. The second-order valence-electron chi connectivity index (χ2n) is 6.50. The lowest BCUT2D eigenvalue weighted by Gasteiger charge is -2.23. The van der Waals surface area contributed by atoms with E-state index in [1.165, 1.54) is 5.56 Å². The predicted molar refractivity (Wildman–Crippen MR) is 91.2 cm³/mol. The molecule has 130 valence electrons. The van der Waals surface area contributed by atoms with Crippen LogP contribution in [0.4, 0.5) is 4.79 Å². The molecule has 3 N–H and O–H groups in total. The van der Waals surface area contributed by atoms with Crippen LogP contribution in [0.3, 0.4) is 0 Å². The summed E-state index contributed by atoms with van der Waals surface area (Å²) in [6, 6.07) is 6.78. The minimum Gasteiger partial charge on any atom is -0.349 e. The fourth-order valence-electron chi connectivity index (χ4n) is 2.84. The molecule has 4 amide bonds. The molecule has 0 aliphatic carbocycles. The number of imide groups is 1. The van der Waals surface area contributed by atoms with Gasteiger partial charge in [0.1, 0.15) is 6.04 Å². The Morgan fingerprint density at radius 2 is 1.88 bits per heavy atom. The number of rotatable bonds is 7. The number of nitrogens with one attached hydrogen (secondary N) is 3. The molecular formula is C18H25N3O3. The van der Waals surface area contributed by atoms with Crippen LogP contribution in [0, 0.1) is 5.92 Å². The van der Waals surface area contributed by atoms with E-state index in [0.29, 0.717) is 0 Å². The van der Waals surface area contributed by atoms with E-state index in [2.05, 4.69) is 35.0 Å². The Balaban J connectivity index is 2.01. The van der Waals surface area contributed by atoms with Crippen molar-refractivity contribution >= 4 is 17.8 Å². The van der Waals surface area contributed by atoms with Crippen molar-refractivity contribution in [2.24, 2.45) is 5.92 Å². The van der Waals surface area contributed by atoms with Gasteiger partial charge < -0.3 is 10.6 Å². The monoisotopic (exact) mass is 331 g/mol. The maximum atomic E-state index is 12.3. The first-order valence-corrected chi connectivity index (χ1v) is 8.40. The van der Waals surface area contributed by atoms with Crippen molar-refractivity contribution < 1.29 is 14.4 Å². The van der Waals surface area contributed by atoms with Gasteiger partial charge in [0.25, 0.3) is 5.91 Å². The predicted octanol–water partition coefficient (Wildman–Crippen LogP) is 2.05. The molecule has 0 aromatic heterocycles. The van der Waals surface area contributed by atoms with Crippen LogP contribution in [0.15, 0.2) is 24.3 Å². The van der Waals surface area contributed by atoms with Crippen molar-refractivity contribution in [3.05, 3.63) is 35.4 Å². The second kappa shape index (κ2) is 7.95. The van der Waals surface area contributed by atoms with Crippen LogP contribution < -0.4 is 16.0 Å². The fraction of sp³-hybridized carbons (Fsp3) is 0.500. The zero-order valence-electron chi connectivity index (χ0n) is 14.4. The van der Waals surface area contributed by atoms with Crippen LogP contribution in [0.25, 0.3) is 0 Å². The lowest BCUT2D eigenvalue weighted by Crippen LogP contribution is -2.38. The van der Waals surface area contributed by atoms with Crippen LogP contribution in [0.5, 0.6) is 0 Å². The first-order valence-electron chi connectivity index (χ1n) is 8.40. The molecule has 1 heterocycles. The number of hydrogen-bond acceptors (Lipinski definition) is 3. The van der Waals surface area contributed by atoms with E-state index in [1.54, 1.807) is 0 Å². The molecule has 24 heavy (non-hydrogen) atoms. The quantitative estimate of drug-likeness (QED) is 0.668. The first kappa shape index (κ1) is 18.0. The van der Waals surface area contributed by atoms with Gasteiger partial charge in [-0.1, -0.05) is 51.5 Å². The minimum atomic E-state index is -0.794. The number of carbonyl (C=O) groups excluding carboxylic acids is 3. The van der Waals surface area contributed by atoms with E-state index in [9.17, 15) is 14.4 Å².